The number of alkyl halides is 2. The van der Waals surface area contributed by atoms with Crippen LogP contribution in [0.5, 0.6) is 5.75 Å². The van der Waals surface area contributed by atoms with Gasteiger partial charge in [-0.05, 0) is 54.4 Å². The second kappa shape index (κ2) is 10.7. The molecule has 3 rings (SSSR count). The van der Waals surface area contributed by atoms with E-state index >= 15 is 0 Å². The lowest BCUT2D eigenvalue weighted by atomic mass is 10.0. The number of hydrogen-bond donors (Lipinski definition) is 1. The maximum absolute atomic E-state index is 13.2. The molecule has 0 aromatic heterocycles. The number of halogens is 4. The van der Waals surface area contributed by atoms with E-state index in [2.05, 4.69) is 4.74 Å². The Labute approximate surface area is 205 Å². The van der Waals surface area contributed by atoms with E-state index in [1.807, 2.05) is 0 Å². The summed E-state index contributed by atoms with van der Waals surface area (Å²) in [6.45, 7) is -2.31. The molecule has 0 radical (unpaired) electrons. The smallest absolute Gasteiger partial charge is 0.387 e. The number of sulfonamides is 1. The van der Waals surface area contributed by atoms with Gasteiger partial charge in [-0.1, -0.05) is 53.5 Å². The topological polar surface area (TPSA) is 83.9 Å². The average Bonchev–Trinajstić information content (AvgIpc) is 2.77. The van der Waals surface area contributed by atoms with Gasteiger partial charge in [0.05, 0.1) is 4.90 Å². The van der Waals surface area contributed by atoms with Crippen LogP contribution in [0.1, 0.15) is 18.5 Å². The van der Waals surface area contributed by atoms with Crippen molar-refractivity contribution < 1.29 is 31.8 Å². The molecule has 0 aliphatic heterocycles. The fourth-order valence-corrected chi connectivity index (χ4v) is 5.41. The number of nitrogens with zero attached hydrogens (tertiary/aromatic N) is 1. The van der Waals surface area contributed by atoms with Gasteiger partial charge in [0.15, 0.2) is 0 Å². The van der Waals surface area contributed by atoms with Crippen LogP contribution in [-0.4, -0.2) is 37.0 Å². The Hall–Kier alpha value is -2.72. The van der Waals surface area contributed by atoms with Crippen molar-refractivity contribution in [1.29, 1.82) is 0 Å². The fourth-order valence-electron chi connectivity index (χ4n) is 3.32. The second-order valence-electron chi connectivity index (χ2n) is 7.22. The van der Waals surface area contributed by atoms with Crippen LogP contribution in [0, 0.1) is 0 Å². The van der Waals surface area contributed by atoms with Gasteiger partial charge in [-0.3, -0.25) is 4.79 Å². The van der Waals surface area contributed by atoms with Crippen molar-refractivity contribution in [3.8, 4) is 16.9 Å². The normalized spacial score (nSPS) is 12.7. The molecule has 1 atom stereocenters. The minimum Gasteiger partial charge on any atom is -0.480 e. The van der Waals surface area contributed by atoms with E-state index in [1.54, 1.807) is 49.4 Å². The Balaban J connectivity index is 1.91. The summed E-state index contributed by atoms with van der Waals surface area (Å²) in [4.78, 5) is 11.2. The van der Waals surface area contributed by atoms with E-state index in [9.17, 15) is 27.1 Å². The Morgan fingerprint density at radius 2 is 1.65 bits per heavy atom. The molecule has 11 heteroatoms. The van der Waals surface area contributed by atoms with Gasteiger partial charge in [0, 0.05) is 21.7 Å². The van der Waals surface area contributed by atoms with E-state index in [-0.39, 0.29) is 10.6 Å². The Morgan fingerprint density at radius 1 is 1.03 bits per heavy atom. The van der Waals surface area contributed by atoms with Crippen molar-refractivity contribution in [2.45, 2.75) is 24.5 Å². The summed E-state index contributed by atoms with van der Waals surface area (Å²) in [5.74, 6) is -1.57. The summed E-state index contributed by atoms with van der Waals surface area (Å²) in [5.41, 5.74) is 2.03. The van der Waals surface area contributed by atoms with E-state index in [0.717, 1.165) is 39.7 Å². The molecule has 1 N–H and O–H groups in total. The van der Waals surface area contributed by atoms with Gasteiger partial charge in [-0.15, -0.1) is 0 Å². The van der Waals surface area contributed by atoms with Gasteiger partial charge >= 0.3 is 12.6 Å². The summed E-state index contributed by atoms with van der Waals surface area (Å²) in [6.07, 6.45) is 0. The predicted molar refractivity (Wildman–Crippen MR) is 125 cm³/mol. The van der Waals surface area contributed by atoms with E-state index in [4.69, 9.17) is 23.2 Å². The van der Waals surface area contributed by atoms with Crippen molar-refractivity contribution in [2.75, 3.05) is 6.54 Å². The number of hydrogen-bond acceptors (Lipinski definition) is 4. The molecule has 0 saturated heterocycles. The van der Waals surface area contributed by atoms with Gasteiger partial charge in [-0.25, -0.2) is 8.42 Å². The molecule has 3 aromatic carbocycles. The van der Waals surface area contributed by atoms with Crippen LogP contribution in [0.2, 0.25) is 10.0 Å². The van der Waals surface area contributed by atoms with Crippen LogP contribution >= 0.6 is 23.2 Å². The summed E-state index contributed by atoms with van der Waals surface area (Å²) < 4.78 is 56.2. The number of ether oxygens (including phenoxy) is 1. The third-order valence-corrected chi connectivity index (χ3v) is 7.49. The molecule has 0 aliphatic rings. The van der Waals surface area contributed by atoms with Crippen LogP contribution in [0.3, 0.4) is 0 Å². The van der Waals surface area contributed by atoms with E-state index in [1.165, 1.54) is 0 Å². The molecule has 34 heavy (non-hydrogen) atoms. The number of aliphatic carboxylic acids is 1. The van der Waals surface area contributed by atoms with Gasteiger partial charge in [0.1, 0.15) is 12.3 Å². The molecule has 0 bridgehead atoms. The Bertz CT molecular complexity index is 1270. The molecule has 6 nitrogen and oxygen atoms in total. The first-order valence-corrected chi connectivity index (χ1v) is 12.0. The third-order valence-electron chi connectivity index (χ3n) is 5.01. The predicted octanol–water partition coefficient (Wildman–Crippen LogP) is 6.10. The highest BCUT2D eigenvalue weighted by atomic mass is 35.5. The lowest BCUT2D eigenvalue weighted by Crippen LogP contribution is -2.37. The van der Waals surface area contributed by atoms with Crippen LogP contribution < -0.4 is 4.74 Å². The average molecular weight is 530 g/mol. The number of benzene rings is 3. The number of carbonyl (C=O) groups is 1. The van der Waals surface area contributed by atoms with E-state index < -0.39 is 35.2 Å². The quantitative estimate of drug-likeness (QED) is 0.362. The van der Waals surface area contributed by atoms with Crippen molar-refractivity contribution in [3.63, 3.8) is 0 Å². The van der Waals surface area contributed by atoms with Gasteiger partial charge < -0.3 is 9.84 Å². The molecule has 0 aliphatic carbocycles. The first-order valence-electron chi connectivity index (χ1n) is 9.83. The summed E-state index contributed by atoms with van der Waals surface area (Å²) in [7, 11) is -4.29. The van der Waals surface area contributed by atoms with Crippen molar-refractivity contribution in [3.05, 3.63) is 82.3 Å². The summed E-state index contributed by atoms with van der Waals surface area (Å²) >= 11 is 12.2. The maximum Gasteiger partial charge on any atom is 0.387 e. The zero-order valence-corrected chi connectivity index (χ0v) is 20.0. The molecular formula is C23H19Cl2F2NO5S. The first-order chi connectivity index (χ1) is 16.0. The molecule has 3 aromatic rings. The van der Waals surface area contributed by atoms with Crippen molar-refractivity contribution >= 4 is 39.2 Å². The molecular weight excluding hydrogens is 511 g/mol. The van der Waals surface area contributed by atoms with Crippen LogP contribution in [-0.2, 0) is 14.8 Å². The molecule has 0 heterocycles. The lowest BCUT2D eigenvalue weighted by Gasteiger charge is -2.27. The monoisotopic (exact) mass is 529 g/mol. The van der Waals surface area contributed by atoms with Crippen molar-refractivity contribution in [2.24, 2.45) is 0 Å². The third kappa shape index (κ3) is 6.04. The van der Waals surface area contributed by atoms with Crippen molar-refractivity contribution in [1.82, 2.24) is 4.31 Å². The molecule has 0 unspecified atom stereocenters. The fraction of sp³-hybridized carbons (Fsp3) is 0.174. The maximum atomic E-state index is 13.2. The molecule has 0 saturated carbocycles. The lowest BCUT2D eigenvalue weighted by molar-refractivity contribution is -0.137. The Kier molecular flexibility index (Phi) is 8.14. The SMILES string of the molecule is C[C@@H](c1ccc(-c2ccc(Cl)cc2Cl)cc1)N(CC(=O)O)S(=O)(=O)c1ccc(OC(F)F)cc1. The number of carboxylic acids is 1. The van der Waals surface area contributed by atoms with E-state index in [0.29, 0.717) is 15.6 Å². The first kappa shape index (κ1) is 25.9. The van der Waals surface area contributed by atoms with Crippen LogP contribution in [0.4, 0.5) is 8.78 Å². The molecule has 0 spiro atoms. The summed E-state index contributed by atoms with van der Waals surface area (Å²) in [5, 5.41) is 10.3. The highest BCUT2D eigenvalue weighted by Crippen LogP contribution is 2.33. The molecule has 0 fully saturated rings. The number of carboxylic acid groups (broad SMARTS) is 1. The zero-order chi connectivity index (χ0) is 25.0. The van der Waals surface area contributed by atoms with Crippen LogP contribution in [0.25, 0.3) is 11.1 Å². The summed E-state index contributed by atoms with van der Waals surface area (Å²) in [6, 6.07) is 15.3. The Morgan fingerprint density at radius 3 is 2.18 bits per heavy atom. The van der Waals surface area contributed by atoms with Gasteiger partial charge in [-0.2, -0.15) is 13.1 Å². The second-order valence-corrected chi connectivity index (χ2v) is 9.95. The standard InChI is InChI=1S/C23H19Cl2F2NO5S/c1-14(15-2-4-16(5-3-15)20-11-6-17(24)12-21(20)25)28(13-22(29)30)34(31,32)19-9-7-18(8-10-19)33-23(26)27/h2-12,14,23H,13H2,1H3,(H,29,30)/t14-/m0/s1. The minimum absolute atomic E-state index is 0.219. The zero-order valence-electron chi connectivity index (χ0n) is 17.7. The minimum atomic E-state index is -4.29. The highest BCUT2D eigenvalue weighted by Gasteiger charge is 2.32. The van der Waals surface area contributed by atoms with Gasteiger partial charge in [0.2, 0.25) is 10.0 Å². The molecule has 0 amide bonds. The highest BCUT2D eigenvalue weighted by molar-refractivity contribution is 7.89. The largest absolute Gasteiger partial charge is 0.480 e. The number of rotatable bonds is 9. The molecule has 180 valence electrons. The van der Waals surface area contributed by atoms with Crippen LogP contribution in [0.15, 0.2) is 71.6 Å². The van der Waals surface area contributed by atoms with Gasteiger partial charge in [0.25, 0.3) is 0 Å².